The first-order chi connectivity index (χ1) is 15.1. The predicted octanol–water partition coefficient (Wildman–Crippen LogP) is 5.80. The van der Waals surface area contributed by atoms with Gasteiger partial charge in [-0.3, -0.25) is 4.98 Å². The molecule has 5 rings (SSSR count). The second-order valence-corrected chi connectivity index (χ2v) is 7.57. The summed E-state index contributed by atoms with van der Waals surface area (Å²) >= 11 is 5.63. The molecule has 0 aliphatic carbocycles. The van der Waals surface area contributed by atoms with Crippen molar-refractivity contribution in [2.75, 3.05) is 4.90 Å². The second-order valence-electron chi connectivity index (χ2n) is 7.18. The number of hydrogen-bond acceptors (Lipinski definition) is 3. The zero-order chi connectivity index (χ0) is 21.4. The van der Waals surface area contributed by atoms with Crippen LogP contribution in [0.15, 0.2) is 89.5 Å². The summed E-state index contributed by atoms with van der Waals surface area (Å²) in [5.41, 5.74) is 2.31. The molecular formula is C24H17F2N3OS. The molecule has 3 heterocycles. The van der Waals surface area contributed by atoms with E-state index in [4.69, 9.17) is 16.6 Å². The summed E-state index contributed by atoms with van der Waals surface area (Å²) in [4.78, 5) is 6.40. The summed E-state index contributed by atoms with van der Waals surface area (Å²) in [5, 5.41) is 3.82. The van der Waals surface area contributed by atoms with Crippen molar-refractivity contribution in [3.63, 3.8) is 0 Å². The van der Waals surface area contributed by atoms with E-state index in [2.05, 4.69) is 10.3 Å². The number of rotatable bonds is 4. The largest absolute Gasteiger partial charge is 0.459 e. The Balaban J connectivity index is 1.59. The van der Waals surface area contributed by atoms with Gasteiger partial charge in [0, 0.05) is 17.4 Å². The summed E-state index contributed by atoms with van der Waals surface area (Å²) in [6, 6.07) is 21.1. The minimum Gasteiger partial charge on any atom is -0.459 e. The van der Waals surface area contributed by atoms with Gasteiger partial charge in [-0.05, 0) is 85.0 Å². The molecule has 0 saturated carbocycles. The number of thiocarbonyl (C=S) groups is 1. The van der Waals surface area contributed by atoms with Gasteiger partial charge >= 0.3 is 0 Å². The normalized spacial score (nSPS) is 18.3. The monoisotopic (exact) mass is 433 g/mol. The number of pyridine rings is 1. The van der Waals surface area contributed by atoms with Gasteiger partial charge in [-0.1, -0.05) is 6.07 Å². The highest BCUT2D eigenvalue weighted by Gasteiger charge is 2.42. The fourth-order valence-electron chi connectivity index (χ4n) is 3.80. The van der Waals surface area contributed by atoms with Crippen LogP contribution >= 0.6 is 12.2 Å². The highest BCUT2D eigenvalue weighted by atomic mass is 32.1. The number of anilines is 1. The number of nitrogens with zero attached hydrogens (tertiary/aromatic N) is 2. The van der Waals surface area contributed by atoms with Gasteiger partial charge in [0.2, 0.25) is 0 Å². The van der Waals surface area contributed by atoms with Gasteiger partial charge < -0.3 is 14.6 Å². The molecule has 4 nitrogen and oxygen atoms in total. The van der Waals surface area contributed by atoms with Crippen LogP contribution in [0.3, 0.4) is 0 Å². The van der Waals surface area contributed by atoms with Crippen molar-refractivity contribution >= 4 is 23.0 Å². The summed E-state index contributed by atoms with van der Waals surface area (Å²) in [7, 11) is 0. The Labute approximate surface area is 183 Å². The van der Waals surface area contributed by atoms with E-state index in [0.717, 1.165) is 16.9 Å². The number of furan rings is 1. The van der Waals surface area contributed by atoms with Gasteiger partial charge in [0.15, 0.2) is 5.11 Å². The molecule has 0 spiro atoms. The first-order valence-electron chi connectivity index (χ1n) is 9.72. The third-order valence-corrected chi connectivity index (χ3v) is 5.56. The van der Waals surface area contributed by atoms with Crippen LogP contribution in [0.4, 0.5) is 14.5 Å². The molecule has 1 saturated heterocycles. The molecule has 1 aliphatic heterocycles. The summed E-state index contributed by atoms with van der Waals surface area (Å²) in [6.07, 6.45) is 1.73. The molecule has 4 aromatic rings. The lowest BCUT2D eigenvalue weighted by Crippen LogP contribution is -2.29. The van der Waals surface area contributed by atoms with E-state index in [9.17, 15) is 8.78 Å². The molecule has 1 aliphatic rings. The summed E-state index contributed by atoms with van der Waals surface area (Å²) in [6.45, 7) is 0. The van der Waals surface area contributed by atoms with Crippen molar-refractivity contribution < 1.29 is 13.2 Å². The fraction of sp³-hybridized carbons (Fsp3) is 0.0833. The second kappa shape index (κ2) is 7.92. The smallest absolute Gasteiger partial charge is 0.174 e. The predicted molar refractivity (Wildman–Crippen MR) is 118 cm³/mol. The van der Waals surface area contributed by atoms with E-state index < -0.39 is 0 Å². The Kier molecular flexibility index (Phi) is 4.95. The summed E-state index contributed by atoms with van der Waals surface area (Å²) in [5.74, 6) is 0.646. The van der Waals surface area contributed by atoms with Crippen molar-refractivity contribution in [2.45, 2.75) is 12.1 Å². The first-order valence-corrected chi connectivity index (χ1v) is 10.1. The van der Waals surface area contributed by atoms with Crippen LogP contribution in [0.5, 0.6) is 0 Å². The number of halogens is 2. The van der Waals surface area contributed by atoms with E-state index >= 15 is 0 Å². The molecule has 1 fully saturated rings. The molecule has 31 heavy (non-hydrogen) atoms. The van der Waals surface area contributed by atoms with Crippen molar-refractivity contribution in [1.29, 1.82) is 0 Å². The maximum Gasteiger partial charge on any atom is 0.174 e. The average molecular weight is 433 g/mol. The van der Waals surface area contributed by atoms with Crippen LogP contribution < -0.4 is 10.2 Å². The maximum absolute atomic E-state index is 13.5. The number of nitrogens with one attached hydrogen (secondary N) is 1. The molecule has 154 valence electrons. The molecule has 2 atom stereocenters. The standard InChI is InChI=1S/C24H17F2N3OS/c25-16-6-4-15(5-7-16)20-12-13-21(30-20)23-22(19-3-1-2-14-27-19)28-24(31)29(23)18-10-8-17(26)9-11-18/h1-14,22-23H,(H,28,31). The van der Waals surface area contributed by atoms with E-state index in [1.807, 2.05) is 35.2 Å². The lowest BCUT2D eigenvalue weighted by atomic mass is 10.0. The molecule has 2 aromatic heterocycles. The average Bonchev–Trinajstić information content (AvgIpc) is 3.40. The molecule has 7 heteroatoms. The number of benzene rings is 2. The van der Waals surface area contributed by atoms with Crippen LogP contribution in [0.2, 0.25) is 0 Å². The highest BCUT2D eigenvalue weighted by Crippen LogP contribution is 2.42. The van der Waals surface area contributed by atoms with Crippen LogP contribution in [0, 0.1) is 11.6 Å². The quantitative estimate of drug-likeness (QED) is 0.412. The lowest BCUT2D eigenvalue weighted by molar-refractivity contribution is 0.439. The highest BCUT2D eigenvalue weighted by molar-refractivity contribution is 7.80. The van der Waals surface area contributed by atoms with Crippen molar-refractivity contribution in [2.24, 2.45) is 0 Å². The zero-order valence-electron chi connectivity index (χ0n) is 16.2. The number of hydrogen-bond donors (Lipinski definition) is 1. The fourth-order valence-corrected chi connectivity index (χ4v) is 4.15. The van der Waals surface area contributed by atoms with Gasteiger partial charge in [-0.25, -0.2) is 8.78 Å². The third kappa shape index (κ3) is 3.68. The zero-order valence-corrected chi connectivity index (χ0v) is 17.0. The van der Waals surface area contributed by atoms with E-state index in [1.165, 1.54) is 24.3 Å². The molecule has 2 aromatic carbocycles. The third-order valence-electron chi connectivity index (χ3n) is 5.25. The van der Waals surface area contributed by atoms with Gasteiger partial charge in [0.1, 0.15) is 29.2 Å². The lowest BCUT2D eigenvalue weighted by Gasteiger charge is -2.26. The van der Waals surface area contributed by atoms with Gasteiger partial charge in [-0.15, -0.1) is 0 Å². The topological polar surface area (TPSA) is 41.3 Å². The molecule has 0 bridgehead atoms. The van der Waals surface area contributed by atoms with Crippen molar-refractivity contribution in [3.8, 4) is 11.3 Å². The molecule has 0 amide bonds. The summed E-state index contributed by atoms with van der Waals surface area (Å²) < 4.78 is 33.0. The minimum atomic E-state index is -0.345. The van der Waals surface area contributed by atoms with Crippen LogP contribution in [0.25, 0.3) is 11.3 Å². The van der Waals surface area contributed by atoms with E-state index in [0.29, 0.717) is 16.6 Å². The van der Waals surface area contributed by atoms with Gasteiger partial charge in [-0.2, -0.15) is 0 Å². The van der Waals surface area contributed by atoms with Crippen molar-refractivity contribution in [3.05, 3.63) is 108 Å². The Morgan fingerprint density at radius 1 is 0.871 bits per heavy atom. The van der Waals surface area contributed by atoms with E-state index in [-0.39, 0.29) is 23.7 Å². The van der Waals surface area contributed by atoms with E-state index in [1.54, 1.807) is 30.5 Å². The number of aromatic nitrogens is 1. The Morgan fingerprint density at radius 2 is 1.58 bits per heavy atom. The molecule has 0 radical (unpaired) electrons. The van der Waals surface area contributed by atoms with Crippen LogP contribution in [0.1, 0.15) is 23.5 Å². The minimum absolute atomic E-state index is 0.272. The van der Waals surface area contributed by atoms with Crippen LogP contribution in [-0.2, 0) is 0 Å². The Bertz CT molecular complexity index is 1210. The molecule has 2 unspecified atom stereocenters. The molecular weight excluding hydrogens is 416 g/mol. The van der Waals surface area contributed by atoms with Crippen LogP contribution in [-0.4, -0.2) is 10.1 Å². The van der Waals surface area contributed by atoms with Gasteiger partial charge in [0.25, 0.3) is 0 Å². The molecule has 1 N–H and O–H groups in total. The Hall–Kier alpha value is -3.58. The van der Waals surface area contributed by atoms with Gasteiger partial charge in [0.05, 0.1) is 11.7 Å². The maximum atomic E-state index is 13.5. The van der Waals surface area contributed by atoms with Crippen molar-refractivity contribution in [1.82, 2.24) is 10.3 Å². The SMILES string of the molecule is Fc1ccc(-c2ccc(C3C(c4ccccn4)NC(=S)N3c3ccc(F)cc3)o2)cc1. The Morgan fingerprint density at radius 3 is 2.26 bits per heavy atom. The first kappa shape index (κ1) is 19.4.